The van der Waals surface area contributed by atoms with Crippen LogP contribution in [0.2, 0.25) is 0 Å². The van der Waals surface area contributed by atoms with E-state index in [1.807, 2.05) is 51.1 Å². The van der Waals surface area contributed by atoms with Gasteiger partial charge in [0.25, 0.3) is 0 Å². The van der Waals surface area contributed by atoms with E-state index < -0.39 is 4.92 Å². The summed E-state index contributed by atoms with van der Waals surface area (Å²) in [5.74, 6) is 0.638. The normalized spacial score (nSPS) is 11.2. The number of nitrogens with one attached hydrogen (secondary N) is 1. The molecule has 0 amide bonds. The van der Waals surface area contributed by atoms with Gasteiger partial charge in [-0.05, 0) is 39.8 Å². The zero-order chi connectivity index (χ0) is 17.2. The van der Waals surface area contributed by atoms with Gasteiger partial charge in [0.15, 0.2) is 0 Å². The molecule has 23 heavy (non-hydrogen) atoms. The van der Waals surface area contributed by atoms with Gasteiger partial charge in [-0.2, -0.15) is 4.98 Å². The number of rotatable bonds is 4. The van der Waals surface area contributed by atoms with Gasteiger partial charge in [0.1, 0.15) is 5.69 Å². The number of hydrogen-bond donors (Lipinski definition) is 1. The number of benzene rings is 1. The van der Waals surface area contributed by atoms with E-state index in [1.54, 1.807) is 18.9 Å². The first kappa shape index (κ1) is 16.7. The fourth-order valence-corrected chi connectivity index (χ4v) is 2.16. The average Bonchev–Trinajstić information content (AvgIpc) is 2.44. The van der Waals surface area contributed by atoms with Gasteiger partial charge >= 0.3 is 5.69 Å². The van der Waals surface area contributed by atoms with Crippen LogP contribution in [0.1, 0.15) is 26.5 Å². The molecule has 0 atom stereocenters. The smallest absolute Gasteiger partial charge is 0.333 e. The number of aromatic nitrogens is 2. The van der Waals surface area contributed by atoms with Crippen molar-refractivity contribution in [3.05, 3.63) is 46.1 Å². The van der Waals surface area contributed by atoms with Crippen molar-refractivity contribution >= 4 is 23.1 Å². The fourth-order valence-electron chi connectivity index (χ4n) is 2.16. The molecule has 0 saturated heterocycles. The van der Waals surface area contributed by atoms with Crippen molar-refractivity contribution in [1.82, 2.24) is 9.97 Å². The molecule has 0 radical (unpaired) electrons. The number of anilines is 3. The van der Waals surface area contributed by atoms with E-state index in [0.717, 1.165) is 5.69 Å². The van der Waals surface area contributed by atoms with E-state index in [2.05, 4.69) is 15.3 Å². The molecule has 0 fully saturated rings. The maximum atomic E-state index is 11.5. The summed E-state index contributed by atoms with van der Waals surface area (Å²) in [6.45, 7) is 7.56. The molecule has 1 aromatic heterocycles. The number of aryl methyl sites for hydroxylation is 1. The largest absolute Gasteiger partial charge is 0.350 e. The van der Waals surface area contributed by atoms with Crippen LogP contribution in [-0.4, -0.2) is 27.5 Å². The lowest BCUT2D eigenvalue weighted by molar-refractivity contribution is -0.385. The fraction of sp³-hybridized carbons (Fsp3) is 0.375. The topological polar surface area (TPSA) is 84.2 Å². The van der Waals surface area contributed by atoms with Gasteiger partial charge < -0.3 is 10.2 Å². The minimum absolute atomic E-state index is 0.0872. The standard InChI is InChI=1S/C16H21N5O2/c1-11-13(21(22)23)14(18-15(17-11)19-16(2,3)4)20(5)12-9-7-6-8-10-12/h6-10H,1-5H3,(H,17,18,19). The van der Waals surface area contributed by atoms with Crippen LogP contribution in [0.5, 0.6) is 0 Å². The Hall–Kier alpha value is -2.70. The third kappa shape index (κ3) is 3.94. The average molecular weight is 315 g/mol. The lowest BCUT2D eigenvalue weighted by Crippen LogP contribution is -2.28. The van der Waals surface area contributed by atoms with Crippen LogP contribution >= 0.6 is 0 Å². The second-order valence-electron chi connectivity index (χ2n) is 6.33. The summed E-state index contributed by atoms with van der Waals surface area (Å²) >= 11 is 0. The van der Waals surface area contributed by atoms with Crippen LogP contribution in [0.4, 0.5) is 23.1 Å². The minimum atomic E-state index is -0.440. The van der Waals surface area contributed by atoms with Gasteiger partial charge in [0.2, 0.25) is 11.8 Å². The van der Waals surface area contributed by atoms with Crippen molar-refractivity contribution in [3.8, 4) is 0 Å². The SMILES string of the molecule is Cc1nc(NC(C)(C)C)nc(N(C)c2ccccc2)c1[N+](=O)[O-]. The number of nitro groups is 1. The molecule has 0 saturated carbocycles. The van der Waals surface area contributed by atoms with E-state index in [1.165, 1.54) is 0 Å². The quantitative estimate of drug-likeness (QED) is 0.684. The highest BCUT2D eigenvalue weighted by Crippen LogP contribution is 2.33. The predicted molar refractivity (Wildman–Crippen MR) is 91.3 cm³/mol. The lowest BCUT2D eigenvalue weighted by Gasteiger charge is -2.23. The number of para-hydroxylation sites is 1. The van der Waals surface area contributed by atoms with Crippen LogP contribution in [0.15, 0.2) is 30.3 Å². The molecule has 0 aliphatic heterocycles. The molecule has 0 aliphatic rings. The molecular formula is C16H21N5O2. The van der Waals surface area contributed by atoms with E-state index >= 15 is 0 Å². The first-order valence-corrected chi connectivity index (χ1v) is 7.29. The zero-order valence-electron chi connectivity index (χ0n) is 14.0. The highest BCUT2D eigenvalue weighted by molar-refractivity contribution is 5.70. The summed E-state index contributed by atoms with van der Waals surface area (Å²) in [6.07, 6.45) is 0. The summed E-state index contributed by atoms with van der Waals surface area (Å²) in [7, 11) is 1.75. The Labute approximate surface area is 135 Å². The Balaban J connectivity index is 2.56. The van der Waals surface area contributed by atoms with Gasteiger partial charge in [0.05, 0.1) is 4.92 Å². The molecule has 0 bridgehead atoms. The van der Waals surface area contributed by atoms with E-state index in [-0.39, 0.29) is 17.0 Å². The van der Waals surface area contributed by atoms with Gasteiger partial charge in [-0.25, -0.2) is 4.98 Å². The van der Waals surface area contributed by atoms with Crippen LogP contribution < -0.4 is 10.2 Å². The van der Waals surface area contributed by atoms with Gasteiger partial charge in [-0.1, -0.05) is 18.2 Å². The highest BCUT2D eigenvalue weighted by Gasteiger charge is 2.26. The molecule has 1 heterocycles. The molecule has 7 heteroatoms. The molecule has 0 aliphatic carbocycles. The summed E-state index contributed by atoms with van der Waals surface area (Å²) < 4.78 is 0. The van der Waals surface area contributed by atoms with Crippen LogP contribution in [0.3, 0.4) is 0 Å². The number of nitrogens with zero attached hydrogens (tertiary/aromatic N) is 4. The summed E-state index contributed by atoms with van der Waals surface area (Å²) in [5.41, 5.74) is 0.811. The number of hydrogen-bond acceptors (Lipinski definition) is 6. The van der Waals surface area contributed by atoms with E-state index in [9.17, 15) is 10.1 Å². The molecule has 0 spiro atoms. The summed E-state index contributed by atoms with van der Waals surface area (Å²) in [6, 6.07) is 9.39. The molecule has 122 valence electrons. The maximum absolute atomic E-state index is 11.5. The predicted octanol–water partition coefficient (Wildman–Crippen LogP) is 3.67. The van der Waals surface area contributed by atoms with Crippen molar-refractivity contribution in [2.24, 2.45) is 0 Å². The van der Waals surface area contributed by atoms with E-state index in [4.69, 9.17) is 0 Å². The first-order chi connectivity index (χ1) is 10.7. The summed E-state index contributed by atoms with van der Waals surface area (Å²) in [4.78, 5) is 21.3. The molecule has 1 N–H and O–H groups in total. The Morgan fingerprint density at radius 1 is 1.17 bits per heavy atom. The molecule has 2 aromatic rings. The monoisotopic (exact) mass is 315 g/mol. The molecule has 1 aromatic carbocycles. The van der Waals surface area contributed by atoms with Crippen LogP contribution in [0, 0.1) is 17.0 Å². The maximum Gasteiger partial charge on any atom is 0.333 e. The molecule has 0 unspecified atom stereocenters. The zero-order valence-corrected chi connectivity index (χ0v) is 14.0. The van der Waals surface area contributed by atoms with E-state index in [0.29, 0.717) is 11.6 Å². The van der Waals surface area contributed by atoms with Gasteiger partial charge in [-0.3, -0.25) is 10.1 Å². The van der Waals surface area contributed by atoms with Crippen molar-refractivity contribution < 1.29 is 4.92 Å². The second-order valence-corrected chi connectivity index (χ2v) is 6.33. The summed E-state index contributed by atoms with van der Waals surface area (Å²) in [5, 5.41) is 14.6. The Morgan fingerprint density at radius 2 is 1.78 bits per heavy atom. The van der Waals surface area contributed by atoms with Gasteiger partial charge in [-0.15, -0.1) is 0 Å². The Morgan fingerprint density at radius 3 is 2.30 bits per heavy atom. The Kier molecular flexibility index (Phi) is 4.49. The highest BCUT2D eigenvalue weighted by atomic mass is 16.6. The second kappa shape index (κ2) is 6.20. The molecular weight excluding hydrogens is 294 g/mol. The first-order valence-electron chi connectivity index (χ1n) is 7.29. The van der Waals surface area contributed by atoms with Crippen LogP contribution in [0.25, 0.3) is 0 Å². The third-order valence-electron chi connectivity index (χ3n) is 3.17. The lowest BCUT2D eigenvalue weighted by atomic mass is 10.1. The third-order valence-corrected chi connectivity index (χ3v) is 3.17. The Bertz CT molecular complexity index is 710. The van der Waals surface area contributed by atoms with Crippen LogP contribution in [-0.2, 0) is 0 Å². The molecule has 7 nitrogen and oxygen atoms in total. The van der Waals surface area contributed by atoms with Crippen molar-refractivity contribution in [1.29, 1.82) is 0 Å². The van der Waals surface area contributed by atoms with Crippen molar-refractivity contribution in [3.63, 3.8) is 0 Å². The van der Waals surface area contributed by atoms with Gasteiger partial charge in [0, 0.05) is 18.3 Å². The minimum Gasteiger partial charge on any atom is -0.350 e. The van der Waals surface area contributed by atoms with Crippen molar-refractivity contribution in [2.75, 3.05) is 17.3 Å². The van der Waals surface area contributed by atoms with Crippen molar-refractivity contribution in [2.45, 2.75) is 33.2 Å². The molecule has 2 rings (SSSR count).